The van der Waals surface area contributed by atoms with Crippen LogP contribution in [0, 0.1) is 6.92 Å². The summed E-state index contributed by atoms with van der Waals surface area (Å²) in [6.07, 6.45) is 4.04. The predicted molar refractivity (Wildman–Crippen MR) is 63.9 cm³/mol. The molecule has 1 aliphatic carbocycles. The van der Waals surface area contributed by atoms with Crippen LogP contribution in [0.15, 0.2) is 18.2 Å². The third kappa shape index (κ3) is 2.17. The van der Waals surface area contributed by atoms with E-state index in [1.807, 2.05) is 13.8 Å². The fourth-order valence-corrected chi connectivity index (χ4v) is 2.27. The average Bonchev–Trinajstić information content (AvgIpc) is 2.23. The van der Waals surface area contributed by atoms with Gasteiger partial charge in [0.2, 0.25) is 0 Å². The van der Waals surface area contributed by atoms with E-state index < -0.39 is 0 Å². The van der Waals surface area contributed by atoms with E-state index in [0.717, 1.165) is 5.92 Å². The van der Waals surface area contributed by atoms with Crippen LogP contribution in [0.5, 0.6) is 0 Å². The van der Waals surface area contributed by atoms with Crippen molar-refractivity contribution < 1.29 is 0 Å². The zero-order valence-corrected chi connectivity index (χ0v) is 9.93. The molecule has 0 amide bonds. The third-order valence-corrected chi connectivity index (χ3v) is 3.04. The highest BCUT2D eigenvalue weighted by molar-refractivity contribution is 5.38. The van der Waals surface area contributed by atoms with Crippen LogP contribution >= 0.6 is 0 Å². The molecule has 0 radical (unpaired) electrons. The average molecular weight is 190 g/mol. The molecule has 0 heterocycles. The summed E-state index contributed by atoms with van der Waals surface area (Å²) in [5.41, 5.74) is 4.71. The number of benzene rings is 1. The number of hydrogen-bond acceptors (Lipinski definition) is 0. The van der Waals surface area contributed by atoms with Crippen LogP contribution in [0.4, 0.5) is 0 Å². The van der Waals surface area contributed by atoms with Crippen LogP contribution in [-0.4, -0.2) is 0 Å². The first kappa shape index (κ1) is 11.3. The van der Waals surface area contributed by atoms with Gasteiger partial charge in [0, 0.05) is 0 Å². The molecule has 1 unspecified atom stereocenters. The van der Waals surface area contributed by atoms with Gasteiger partial charge < -0.3 is 0 Å². The standard InChI is InChI=1S/C12H16.C2H6/c1-9-5-3-8-12-10(2)6-4-7-11(9)12;1-2/h3,5,8,10H,4,6-7H2,1-2H3;1-2H3. The highest BCUT2D eigenvalue weighted by Crippen LogP contribution is 2.32. The van der Waals surface area contributed by atoms with Gasteiger partial charge in [-0.3, -0.25) is 0 Å². The first-order chi connectivity index (χ1) is 6.79. The summed E-state index contributed by atoms with van der Waals surface area (Å²) in [7, 11) is 0. The smallest absolute Gasteiger partial charge is 0.0187 e. The lowest BCUT2D eigenvalue weighted by atomic mass is 9.82. The zero-order valence-electron chi connectivity index (χ0n) is 9.93. The molecule has 0 fully saturated rings. The van der Waals surface area contributed by atoms with Crippen molar-refractivity contribution in [2.75, 3.05) is 0 Å². The van der Waals surface area contributed by atoms with Crippen molar-refractivity contribution in [1.82, 2.24) is 0 Å². The van der Waals surface area contributed by atoms with Gasteiger partial charge in [-0.25, -0.2) is 0 Å². The molecule has 0 aliphatic heterocycles. The van der Waals surface area contributed by atoms with Crippen molar-refractivity contribution in [3.63, 3.8) is 0 Å². The molecule has 0 saturated heterocycles. The summed E-state index contributed by atoms with van der Waals surface area (Å²) in [4.78, 5) is 0. The van der Waals surface area contributed by atoms with E-state index in [1.54, 1.807) is 11.1 Å². The Labute approximate surface area is 88.4 Å². The normalized spacial score (nSPS) is 19.3. The molecule has 14 heavy (non-hydrogen) atoms. The summed E-state index contributed by atoms with van der Waals surface area (Å²) in [5.74, 6) is 0.786. The predicted octanol–water partition coefficient (Wildman–Crippen LogP) is 4.46. The highest BCUT2D eigenvalue weighted by atomic mass is 14.2. The van der Waals surface area contributed by atoms with E-state index in [-0.39, 0.29) is 0 Å². The van der Waals surface area contributed by atoms with Crippen LogP contribution in [0.3, 0.4) is 0 Å². The molecule has 1 aromatic carbocycles. The molecule has 2 rings (SSSR count). The van der Waals surface area contributed by atoms with Gasteiger partial charge in [0.25, 0.3) is 0 Å². The van der Waals surface area contributed by atoms with E-state index in [1.165, 1.54) is 24.8 Å². The van der Waals surface area contributed by atoms with Crippen LogP contribution in [0.2, 0.25) is 0 Å². The molecular formula is C14H22. The first-order valence-corrected chi connectivity index (χ1v) is 5.87. The first-order valence-electron chi connectivity index (χ1n) is 5.87. The second-order valence-electron chi connectivity index (χ2n) is 3.94. The number of hydrogen-bond donors (Lipinski definition) is 0. The Bertz CT molecular complexity index is 286. The van der Waals surface area contributed by atoms with Crippen molar-refractivity contribution in [3.8, 4) is 0 Å². The third-order valence-electron chi connectivity index (χ3n) is 3.04. The largest absolute Gasteiger partial charge is 0.0683 e. The Kier molecular flexibility index (Phi) is 4.19. The monoisotopic (exact) mass is 190 g/mol. The van der Waals surface area contributed by atoms with Crippen LogP contribution in [-0.2, 0) is 6.42 Å². The Morgan fingerprint density at radius 2 is 1.93 bits per heavy atom. The van der Waals surface area contributed by atoms with E-state index in [4.69, 9.17) is 0 Å². The molecule has 0 nitrogen and oxygen atoms in total. The molecule has 0 bridgehead atoms. The molecule has 0 heteroatoms. The minimum absolute atomic E-state index is 0.786. The highest BCUT2D eigenvalue weighted by Gasteiger charge is 2.16. The summed E-state index contributed by atoms with van der Waals surface area (Å²) < 4.78 is 0. The second kappa shape index (κ2) is 5.19. The minimum Gasteiger partial charge on any atom is -0.0683 e. The molecule has 0 spiro atoms. The van der Waals surface area contributed by atoms with Crippen molar-refractivity contribution in [2.45, 2.75) is 52.9 Å². The number of rotatable bonds is 0. The number of aryl methyl sites for hydroxylation is 1. The summed E-state index contributed by atoms with van der Waals surface area (Å²) in [5, 5.41) is 0. The molecule has 0 aromatic heterocycles. The van der Waals surface area contributed by atoms with Gasteiger partial charge in [-0.2, -0.15) is 0 Å². The molecule has 1 aromatic rings. The quantitative estimate of drug-likeness (QED) is 0.566. The second-order valence-corrected chi connectivity index (χ2v) is 3.94. The molecule has 0 N–H and O–H groups in total. The lowest BCUT2D eigenvalue weighted by Crippen LogP contribution is -2.08. The summed E-state index contributed by atoms with van der Waals surface area (Å²) in [6.45, 7) is 8.58. The van der Waals surface area contributed by atoms with Gasteiger partial charge in [0.15, 0.2) is 0 Å². The van der Waals surface area contributed by atoms with Gasteiger partial charge >= 0.3 is 0 Å². The fraction of sp³-hybridized carbons (Fsp3) is 0.571. The van der Waals surface area contributed by atoms with Crippen LogP contribution in [0.1, 0.15) is 56.2 Å². The SMILES string of the molecule is CC.Cc1cccc2c1CCCC2C. The van der Waals surface area contributed by atoms with Gasteiger partial charge in [-0.1, -0.05) is 39.0 Å². The van der Waals surface area contributed by atoms with E-state index in [9.17, 15) is 0 Å². The van der Waals surface area contributed by atoms with Gasteiger partial charge in [0.05, 0.1) is 0 Å². The molecular weight excluding hydrogens is 168 g/mol. The van der Waals surface area contributed by atoms with Crippen molar-refractivity contribution in [1.29, 1.82) is 0 Å². The Balaban J connectivity index is 0.000000461. The lowest BCUT2D eigenvalue weighted by Gasteiger charge is -2.23. The van der Waals surface area contributed by atoms with Crippen molar-refractivity contribution in [2.24, 2.45) is 0 Å². The van der Waals surface area contributed by atoms with Gasteiger partial charge in [-0.15, -0.1) is 0 Å². The summed E-state index contributed by atoms with van der Waals surface area (Å²) >= 11 is 0. The maximum Gasteiger partial charge on any atom is -0.0187 e. The van der Waals surface area contributed by atoms with E-state index in [0.29, 0.717) is 0 Å². The Morgan fingerprint density at radius 1 is 1.21 bits per heavy atom. The fourth-order valence-electron chi connectivity index (χ4n) is 2.27. The maximum atomic E-state index is 2.34. The molecule has 0 saturated carbocycles. The Morgan fingerprint density at radius 3 is 2.57 bits per heavy atom. The maximum absolute atomic E-state index is 2.34. The lowest BCUT2D eigenvalue weighted by molar-refractivity contribution is 0.588. The van der Waals surface area contributed by atoms with E-state index in [2.05, 4.69) is 32.0 Å². The zero-order chi connectivity index (χ0) is 10.6. The minimum atomic E-state index is 0.786. The van der Waals surface area contributed by atoms with Gasteiger partial charge in [0.1, 0.15) is 0 Å². The summed E-state index contributed by atoms with van der Waals surface area (Å²) in [6, 6.07) is 6.72. The number of fused-ring (bicyclic) bond motifs is 1. The molecule has 78 valence electrons. The Hall–Kier alpha value is -0.780. The topological polar surface area (TPSA) is 0 Å². The van der Waals surface area contributed by atoms with Gasteiger partial charge in [-0.05, 0) is 48.8 Å². The van der Waals surface area contributed by atoms with Crippen LogP contribution < -0.4 is 0 Å². The molecule has 1 atom stereocenters. The molecule has 1 aliphatic rings. The van der Waals surface area contributed by atoms with Crippen molar-refractivity contribution in [3.05, 3.63) is 34.9 Å². The van der Waals surface area contributed by atoms with Crippen molar-refractivity contribution >= 4 is 0 Å². The van der Waals surface area contributed by atoms with E-state index >= 15 is 0 Å². The van der Waals surface area contributed by atoms with Crippen LogP contribution in [0.25, 0.3) is 0 Å².